The SMILES string of the molecule is CC(C)(C)N1CCC2(CC1)NCC(=O)N2. The molecule has 15 heavy (non-hydrogen) atoms. The fourth-order valence-electron chi connectivity index (χ4n) is 2.47. The third-order valence-corrected chi connectivity index (χ3v) is 3.53. The number of likely N-dealkylation sites (tertiary alicyclic amines) is 1. The Hall–Kier alpha value is -0.610. The molecule has 2 rings (SSSR count). The topological polar surface area (TPSA) is 44.4 Å². The molecule has 86 valence electrons. The first kappa shape index (κ1) is 10.9. The minimum absolute atomic E-state index is 0.0984. The highest BCUT2D eigenvalue weighted by Crippen LogP contribution is 2.26. The van der Waals surface area contributed by atoms with E-state index in [0.29, 0.717) is 6.54 Å². The molecule has 0 saturated carbocycles. The number of carbonyl (C=O) groups excluding carboxylic acids is 1. The Kier molecular flexibility index (Phi) is 2.51. The number of carbonyl (C=O) groups is 1. The van der Waals surface area contributed by atoms with Crippen molar-refractivity contribution in [3.8, 4) is 0 Å². The summed E-state index contributed by atoms with van der Waals surface area (Å²) in [7, 11) is 0. The molecular weight excluding hydrogens is 190 g/mol. The summed E-state index contributed by atoms with van der Waals surface area (Å²) in [6.45, 7) is 9.31. The van der Waals surface area contributed by atoms with Crippen LogP contribution < -0.4 is 10.6 Å². The van der Waals surface area contributed by atoms with Gasteiger partial charge in [0.1, 0.15) is 0 Å². The molecule has 2 saturated heterocycles. The largest absolute Gasteiger partial charge is 0.337 e. The second-order valence-electron chi connectivity index (χ2n) is 5.64. The van der Waals surface area contributed by atoms with E-state index in [9.17, 15) is 4.79 Å². The Labute approximate surface area is 91.4 Å². The van der Waals surface area contributed by atoms with Crippen molar-refractivity contribution in [1.82, 2.24) is 15.5 Å². The van der Waals surface area contributed by atoms with Crippen LogP contribution >= 0.6 is 0 Å². The zero-order valence-electron chi connectivity index (χ0n) is 9.89. The summed E-state index contributed by atoms with van der Waals surface area (Å²) in [4.78, 5) is 13.7. The quantitative estimate of drug-likeness (QED) is 0.605. The Bertz CT molecular complexity index is 261. The second-order valence-corrected chi connectivity index (χ2v) is 5.64. The number of rotatable bonds is 0. The van der Waals surface area contributed by atoms with Crippen LogP contribution in [0.25, 0.3) is 0 Å². The Balaban J connectivity index is 1.95. The molecular formula is C11H21N3O. The average Bonchev–Trinajstić information content (AvgIpc) is 2.47. The summed E-state index contributed by atoms with van der Waals surface area (Å²) in [6, 6.07) is 0. The lowest BCUT2D eigenvalue weighted by Gasteiger charge is -2.44. The van der Waals surface area contributed by atoms with Crippen LogP contribution in [0.15, 0.2) is 0 Å². The van der Waals surface area contributed by atoms with Crippen LogP contribution in [0.2, 0.25) is 0 Å². The molecule has 2 aliphatic heterocycles. The summed E-state index contributed by atoms with van der Waals surface area (Å²) in [5.41, 5.74) is 0.142. The number of nitrogens with zero attached hydrogens (tertiary/aromatic N) is 1. The van der Waals surface area contributed by atoms with Gasteiger partial charge in [-0.3, -0.25) is 15.0 Å². The lowest BCUT2D eigenvalue weighted by atomic mass is 9.93. The van der Waals surface area contributed by atoms with Crippen molar-refractivity contribution >= 4 is 5.91 Å². The van der Waals surface area contributed by atoms with Crippen LogP contribution in [0.5, 0.6) is 0 Å². The van der Waals surface area contributed by atoms with Gasteiger partial charge in [-0.15, -0.1) is 0 Å². The van der Waals surface area contributed by atoms with E-state index in [1.54, 1.807) is 0 Å². The normalized spacial score (nSPS) is 27.0. The van der Waals surface area contributed by atoms with E-state index in [1.807, 2.05) is 0 Å². The number of nitrogens with one attached hydrogen (secondary N) is 2. The maximum Gasteiger partial charge on any atom is 0.235 e. The van der Waals surface area contributed by atoms with Gasteiger partial charge in [0.25, 0.3) is 0 Å². The lowest BCUT2D eigenvalue weighted by Crippen LogP contribution is -2.59. The van der Waals surface area contributed by atoms with Gasteiger partial charge >= 0.3 is 0 Å². The van der Waals surface area contributed by atoms with Crippen LogP contribution in [0.4, 0.5) is 0 Å². The summed E-state index contributed by atoms with van der Waals surface area (Å²) in [5, 5.41) is 6.37. The van der Waals surface area contributed by atoms with Crippen molar-refractivity contribution in [3.63, 3.8) is 0 Å². The predicted molar refractivity (Wildman–Crippen MR) is 59.4 cm³/mol. The molecule has 4 heteroatoms. The third kappa shape index (κ3) is 2.16. The molecule has 2 heterocycles. The molecule has 1 amide bonds. The minimum atomic E-state index is -0.0984. The van der Waals surface area contributed by atoms with Crippen molar-refractivity contribution in [1.29, 1.82) is 0 Å². The molecule has 2 fully saturated rings. The molecule has 0 aromatic carbocycles. The van der Waals surface area contributed by atoms with Gasteiger partial charge in [0.15, 0.2) is 0 Å². The molecule has 4 nitrogen and oxygen atoms in total. The van der Waals surface area contributed by atoms with Gasteiger partial charge in [-0.2, -0.15) is 0 Å². The highest BCUT2D eigenvalue weighted by Gasteiger charge is 2.41. The van der Waals surface area contributed by atoms with Crippen molar-refractivity contribution in [2.75, 3.05) is 19.6 Å². The van der Waals surface area contributed by atoms with Crippen LogP contribution in [0.3, 0.4) is 0 Å². The monoisotopic (exact) mass is 211 g/mol. The zero-order chi connectivity index (χ0) is 11.1. The average molecular weight is 211 g/mol. The van der Waals surface area contributed by atoms with Gasteiger partial charge in [-0.05, 0) is 33.6 Å². The number of hydrogen-bond donors (Lipinski definition) is 2. The van der Waals surface area contributed by atoms with Gasteiger partial charge in [-0.25, -0.2) is 0 Å². The van der Waals surface area contributed by atoms with Crippen molar-refractivity contribution < 1.29 is 4.79 Å². The summed E-state index contributed by atoms with van der Waals surface area (Å²) in [6.07, 6.45) is 2.02. The molecule has 2 aliphatic rings. The first-order valence-corrected chi connectivity index (χ1v) is 5.72. The second kappa shape index (κ2) is 3.46. The van der Waals surface area contributed by atoms with Gasteiger partial charge < -0.3 is 5.32 Å². The van der Waals surface area contributed by atoms with E-state index in [-0.39, 0.29) is 17.1 Å². The van der Waals surface area contributed by atoms with Crippen LogP contribution in [-0.2, 0) is 4.79 Å². The van der Waals surface area contributed by atoms with Gasteiger partial charge in [-0.1, -0.05) is 0 Å². The first-order valence-electron chi connectivity index (χ1n) is 5.72. The molecule has 0 aliphatic carbocycles. The molecule has 0 radical (unpaired) electrons. The van der Waals surface area contributed by atoms with Crippen LogP contribution in [0, 0.1) is 0 Å². The van der Waals surface area contributed by atoms with Crippen molar-refractivity contribution in [2.45, 2.75) is 44.8 Å². The highest BCUT2D eigenvalue weighted by molar-refractivity contribution is 5.81. The molecule has 0 unspecified atom stereocenters. The summed E-state index contributed by atoms with van der Waals surface area (Å²) >= 11 is 0. The lowest BCUT2D eigenvalue weighted by molar-refractivity contribution is -0.119. The molecule has 0 aromatic heterocycles. The van der Waals surface area contributed by atoms with E-state index in [4.69, 9.17) is 0 Å². The molecule has 2 N–H and O–H groups in total. The maximum atomic E-state index is 11.2. The van der Waals surface area contributed by atoms with Crippen LogP contribution in [-0.4, -0.2) is 41.6 Å². The summed E-state index contributed by atoms with van der Waals surface area (Å²) in [5.74, 6) is 0.138. The maximum absolute atomic E-state index is 11.2. The number of hydrogen-bond acceptors (Lipinski definition) is 3. The molecule has 0 atom stereocenters. The third-order valence-electron chi connectivity index (χ3n) is 3.53. The minimum Gasteiger partial charge on any atom is -0.337 e. The number of amides is 1. The van der Waals surface area contributed by atoms with Crippen LogP contribution in [0.1, 0.15) is 33.6 Å². The van der Waals surface area contributed by atoms with E-state index >= 15 is 0 Å². The van der Waals surface area contributed by atoms with Gasteiger partial charge in [0, 0.05) is 18.6 Å². The Morgan fingerprint density at radius 3 is 2.27 bits per heavy atom. The first-order chi connectivity index (χ1) is 6.91. The standard InChI is InChI=1S/C11H21N3O/c1-10(2,3)14-6-4-11(5-7-14)12-8-9(15)13-11/h12H,4-8H2,1-3H3,(H,13,15). The molecule has 0 bridgehead atoms. The van der Waals surface area contributed by atoms with Crippen molar-refractivity contribution in [2.24, 2.45) is 0 Å². The fraction of sp³-hybridized carbons (Fsp3) is 0.909. The van der Waals surface area contributed by atoms with E-state index in [1.165, 1.54) is 0 Å². The Morgan fingerprint density at radius 2 is 1.87 bits per heavy atom. The zero-order valence-corrected chi connectivity index (χ0v) is 9.89. The fourth-order valence-corrected chi connectivity index (χ4v) is 2.47. The van der Waals surface area contributed by atoms with E-state index < -0.39 is 0 Å². The van der Waals surface area contributed by atoms with E-state index in [0.717, 1.165) is 25.9 Å². The molecule has 0 aromatic rings. The van der Waals surface area contributed by atoms with Gasteiger partial charge in [0.2, 0.25) is 5.91 Å². The Morgan fingerprint density at radius 1 is 1.27 bits per heavy atom. The van der Waals surface area contributed by atoms with E-state index in [2.05, 4.69) is 36.3 Å². The predicted octanol–water partition coefficient (Wildman–Crippen LogP) is 0.296. The van der Waals surface area contributed by atoms with Crippen molar-refractivity contribution in [3.05, 3.63) is 0 Å². The summed E-state index contributed by atoms with van der Waals surface area (Å²) < 4.78 is 0. The highest BCUT2D eigenvalue weighted by atomic mass is 16.2. The van der Waals surface area contributed by atoms with Gasteiger partial charge in [0.05, 0.1) is 12.2 Å². The smallest absolute Gasteiger partial charge is 0.235 e. The number of piperidine rings is 1. The molecule has 1 spiro atoms.